The van der Waals surface area contributed by atoms with Crippen molar-refractivity contribution in [3.8, 4) is 11.5 Å². The van der Waals surface area contributed by atoms with Gasteiger partial charge in [0.15, 0.2) is 0 Å². The first-order valence-corrected chi connectivity index (χ1v) is 9.57. The highest BCUT2D eigenvalue weighted by atomic mass is 16.8. The third kappa shape index (κ3) is 2.93. The van der Waals surface area contributed by atoms with Crippen LogP contribution in [0.3, 0.4) is 0 Å². The van der Waals surface area contributed by atoms with Crippen molar-refractivity contribution in [3.63, 3.8) is 0 Å². The SMILES string of the molecule is COc1ccc(C2=C(c3ccc(OC)cc3)[C@@]3(C=CC(=O)O3)O[C@@]23C=CC(=O)O3)cc1. The van der Waals surface area contributed by atoms with E-state index >= 15 is 0 Å². The Labute approximate surface area is 178 Å². The Bertz CT molecular complexity index is 1070. The number of methoxy groups -OCH3 is 2. The first-order valence-electron chi connectivity index (χ1n) is 9.57. The highest BCUT2D eigenvalue weighted by Gasteiger charge is 2.61. The van der Waals surface area contributed by atoms with Crippen LogP contribution in [0.5, 0.6) is 11.5 Å². The molecule has 31 heavy (non-hydrogen) atoms. The number of hydrogen-bond donors (Lipinski definition) is 0. The largest absolute Gasteiger partial charge is 0.497 e. The minimum absolute atomic E-state index is 0.551. The number of carbonyl (C=O) groups is 2. The van der Waals surface area contributed by atoms with E-state index in [2.05, 4.69) is 0 Å². The normalized spacial score (nSPS) is 26.1. The van der Waals surface area contributed by atoms with E-state index in [-0.39, 0.29) is 0 Å². The molecule has 3 aliphatic rings. The molecule has 0 saturated heterocycles. The molecule has 3 aliphatic heterocycles. The molecule has 5 rings (SSSR count). The number of rotatable bonds is 4. The third-order valence-corrected chi connectivity index (χ3v) is 5.39. The second kappa shape index (κ2) is 6.85. The van der Waals surface area contributed by atoms with Crippen LogP contribution in [0.25, 0.3) is 11.1 Å². The van der Waals surface area contributed by atoms with Crippen LogP contribution in [0.1, 0.15) is 11.1 Å². The summed E-state index contributed by atoms with van der Waals surface area (Å²) in [4.78, 5) is 24.2. The third-order valence-electron chi connectivity index (χ3n) is 5.39. The lowest BCUT2D eigenvalue weighted by Gasteiger charge is -2.28. The second-order valence-corrected chi connectivity index (χ2v) is 7.15. The first kappa shape index (κ1) is 19.1. The van der Waals surface area contributed by atoms with Crippen molar-refractivity contribution in [2.75, 3.05) is 14.2 Å². The van der Waals surface area contributed by atoms with Crippen molar-refractivity contribution >= 4 is 23.1 Å². The Morgan fingerprint density at radius 3 is 1.32 bits per heavy atom. The maximum atomic E-state index is 12.1. The Morgan fingerprint density at radius 2 is 1.03 bits per heavy atom. The molecule has 0 bridgehead atoms. The van der Waals surface area contributed by atoms with Crippen LogP contribution in [-0.2, 0) is 23.8 Å². The molecule has 156 valence electrons. The summed E-state index contributed by atoms with van der Waals surface area (Å²) in [5.41, 5.74) is 2.56. The zero-order valence-electron chi connectivity index (χ0n) is 16.8. The van der Waals surface area contributed by atoms with Gasteiger partial charge in [0.1, 0.15) is 11.5 Å². The minimum Gasteiger partial charge on any atom is -0.497 e. The Kier molecular flexibility index (Phi) is 4.23. The number of hydrogen-bond acceptors (Lipinski definition) is 7. The molecule has 0 aromatic heterocycles. The van der Waals surface area contributed by atoms with Gasteiger partial charge in [-0.15, -0.1) is 0 Å². The van der Waals surface area contributed by atoms with E-state index < -0.39 is 23.5 Å². The van der Waals surface area contributed by atoms with Gasteiger partial charge in [-0.2, -0.15) is 0 Å². The number of esters is 2. The van der Waals surface area contributed by atoms with E-state index in [9.17, 15) is 9.59 Å². The fourth-order valence-corrected chi connectivity index (χ4v) is 4.05. The molecule has 7 nitrogen and oxygen atoms in total. The van der Waals surface area contributed by atoms with E-state index in [0.717, 1.165) is 11.1 Å². The van der Waals surface area contributed by atoms with Gasteiger partial charge >= 0.3 is 11.9 Å². The van der Waals surface area contributed by atoms with Crippen LogP contribution in [0.2, 0.25) is 0 Å². The highest BCUT2D eigenvalue weighted by Crippen LogP contribution is 2.56. The van der Waals surface area contributed by atoms with Crippen LogP contribution in [0.4, 0.5) is 0 Å². The Hall–Kier alpha value is -3.84. The molecular weight excluding hydrogens is 400 g/mol. The van der Waals surface area contributed by atoms with Crippen molar-refractivity contribution in [1.29, 1.82) is 0 Å². The van der Waals surface area contributed by atoms with Gasteiger partial charge in [-0.3, -0.25) is 4.74 Å². The van der Waals surface area contributed by atoms with Gasteiger partial charge < -0.3 is 18.9 Å². The summed E-state index contributed by atoms with van der Waals surface area (Å²) in [6.07, 6.45) is 5.67. The number of ether oxygens (including phenoxy) is 5. The summed E-state index contributed by atoms with van der Waals surface area (Å²) < 4.78 is 28.1. The Balaban J connectivity index is 1.79. The average molecular weight is 418 g/mol. The van der Waals surface area contributed by atoms with Gasteiger partial charge in [-0.25, -0.2) is 9.59 Å². The fraction of sp³-hybridized carbons (Fsp3) is 0.167. The van der Waals surface area contributed by atoms with Crippen LogP contribution in [-0.4, -0.2) is 37.7 Å². The summed E-state index contributed by atoms with van der Waals surface area (Å²) in [7, 11) is 3.16. The summed E-state index contributed by atoms with van der Waals surface area (Å²) >= 11 is 0. The van der Waals surface area contributed by atoms with Gasteiger partial charge in [0.25, 0.3) is 11.6 Å². The molecule has 0 N–H and O–H groups in total. The van der Waals surface area contributed by atoms with Crippen LogP contribution in [0.15, 0.2) is 72.8 Å². The minimum atomic E-state index is -1.55. The van der Waals surface area contributed by atoms with E-state index in [1.165, 1.54) is 24.3 Å². The Morgan fingerprint density at radius 1 is 0.645 bits per heavy atom. The van der Waals surface area contributed by atoms with Gasteiger partial charge in [0.05, 0.1) is 14.2 Å². The molecule has 2 spiro atoms. The van der Waals surface area contributed by atoms with E-state index in [4.69, 9.17) is 23.7 Å². The molecule has 0 unspecified atom stereocenters. The molecule has 0 fully saturated rings. The van der Waals surface area contributed by atoms with Gasteiger partial charge in [-0.1, -0.05) is 24.3 Å². The number of benzene rings is 2. The van der Waals surface area contributed by atoms with Gasteiger partial charge in [0, 0.05) is 23.3 Å². The van der Waals surface area contributed by atoms with Crippen LogP contribution < -0.4 is 9.47 Å². The van der Waals surface area contributed by atoms with Gasteiger partial charge in [0.2, 0.25) is 0 Å². The zero-order chi connectivity index (χ0) is 21.6. The van der Waals surface area contributed by atoms with E-state index in [1.807, 2.05) is 24.3 Å². The molecule has 2 aromatic rings. The molecule has 2 aromatic carbocycles. The fourth-order valence-electron chi connectivity index (χ4n) is 4.05. The predicted molar refractivity (Wildman–Crippen MR) is 110 cm³/mol. The molecule has 2 atom stereocenters. The second-order valence-electron chi connectivity index (χ2n) is 7.15. The van der Waals surface area contributed by atoms with Crippen molar-refractivity contribution in [1.82, 2.24) is 0 Å². The zero-order valence-corrected chi connectivity index (χ0v) is 16.8. The first-order chi connectivity index (χ1) is 15.0. The summed E-state index contributed by atoms with van der Waals surface area (Å²) in [6, 6.07) is 14.5. The lowest BCUT2D eigenvalue weighted by atomic mass is 9.87. The molecule has 0 saturated carbocycles. The maximum Gasteiger partial charge on any atom is 0.333 e. The molecular formula is C24H18O7. The lowest BCUT2D eigenvalue weighted by molar-refractivity contribution is -0.238. The number of carbonyl (C=O) groups excluding carboxylic acids is 2. The summed E-state index contributed by atoms with van der Waals surface area (Å²) in [6.45, 7) is 0. The monoisotopic (exact) mass is 418 g/mol. The summed E-state index contributed by atoms with van der Waals surface area (Å²) in [5, 5.41) is 0. The van der Waals surface area contributed by atoms with E-state index in [0.29, 0.717) is 22.6 Å². The molecule has 7 heteroatoms. The lowest BCUT2D eigenvalue weighted by Crippen LogP contribution is -2.38. The maximum absolute atomic E-state index is 12.1. The highest BCUT2D eigenvalue weighted by molar-refractivity contribution is 6.05. The van der Waals surface area contributed by atoms with Crippen molar-refractivity contribution < 1.29 is 33.3 Å². The van der Waals surface area contributed by atoms with Gasteiger partial charge in [-0.05, 0) is 47.5 Å². The van der Waals surface area contributed by atoms with Crippen molar-refractivity contribution in [2.24, 2.45) is 0 Å². The summed E-state index contributed by atoms with van der Waals surface area (Å²) in [5.74, 6) is -2.85. The van der Waals surface area contributed by atoms with Crippen molar-refractivity contribution in [3.05, 3.63) is 84.0 Å². The van der Waals surface area contributed by atoms with Crippen LogP contribution in [0, 0.1) is 0 Å². The standard InChI is InChI=1S/C24H18O7/c1-27-17-7-3-15(4-8-17)21-22(16-5-9-18(28-2)10-6-16)24(14-12-20(26)30-24)31-23(21)13-11-19(25)29-23/h3-14H,1-2H3/t23-,24+. The average Bonchev–Trinajstić information content (AvgIpc) is 3.43. The molecule has 0 radical (unpaired) electrons. The molecule has 0 amide bonds. The quantitative estimate of drug-likeness (QED) is 0.705. The molecule has 3 heterocycles. The predicted octanol–water partition coefficient (Wildman–Crippen LogP) is 3.26. The van der Waals surface area contributed by atoms with Crippen LogP contribution >= 0.6 is 0 Å². The smallest absolute Gasteiger partial charge is 0.333 e. The van der Waals surface area contributed by atoms with E-state index in [1.54, 1.807) is 38.5 Å². The van der Waals surface area contributed by atoms with Crippen molar-refractivity contribution in [2.45, 2.75) is 11.6 Å². The topological polar surface area (TPSA) is 80.3 Å². The molecule has 0 aliphatic carbocycles.